The fraction of sp³-hybridized carbons (Fsp3) is 0.553. The number of ether oxygens (including phenoxy) is 2. The monoisotopic (exact) mass is 682 g/mol. The van der Waals surface area contributed by atoms with Crippen LogP contribution in [0.15, 0.2) is 29.1 Å². The van der Waals surface area contributed by atoms with Crippen LogP contribution in [0.4, 0.5) is 14.6 Å². The number of nitrogens with zero attached hydrogens (tertiary/aromatic N) is 5. The number of anilines is 1. The number of halogens is 2. The first-order valence-corrected chi connectivity index (χ1v) is 18.3. The van der Waals surface area contributed by atoms with Gasteiger partial charge in [0.15, 0.2) is 11.6 Å². The highest BCUT2D eigenvalue weighted by atomic mass is 19.1. The molecule has 11 rings (SSSR count). The Balaban J connectivity index is 1.11. The molecule has 12 heteroatoms. The highest BCUT2D eigenvalue weighted by molar-refractivity contribution is 6.03. The summed E-state index contributed by atoms with van der Waals surface area (Å²) in [6.07, 6.45) is 6.00. The topological polar surface area (TPSA) is 105 Å². The molecule has 1 spiro atoms. The van der Waals surface area contributed by atoms with Gasteiger partial charge in [0.05, 0.1) is 11.1 Å². The Morgan fingerprint density at radius 2 is 2.04 bits per heavy atom. The summed E-state index contributed by atoms with van der Waals surface area (Å²) in [5.41, 5.74) is 0.838. The van der Waals surface area contributed by atoms with Crippen molar-refractivity contribution >= 4 is 27.6 Å². The number of aromatic nitrogens is 3. The summed E-state index contributed by atoms with van der Waals surface area (Å²) in [5, 5.41) is 16.0. The molecular formula is C38H40F2N6O4. The molecule has 4 aromatic rings. The summed E-state index contributed by atoms with van der Waals surface area (Å²) in [6.45, 7) is 4.57. The molecule has 6 aliphatic heterocycles. The molecule has 4 saturated heterocycles. The Kier molecular flexibility index (Phi) is 5.97. The van der Waals surface area contributed by atoms with Crippen molar-refractivity contribution in [3.05, 3.63) is 46.0 Å². The SMILES string of the molecule is CC1Cc2c(ccc3cc(O)cc(-c4c(F)c5nc(OC[C@]67C[C@@H](F)CN6CC6(CC6)C7)nc6c5n(c4=O)CCC4C5CCC(CN64)N5)c23)O1. The second kappa shape index (κ2) is 10.1. The van der Waals surface area contributed by atoms with Crippen LogP contribution in [0.5, 0.6) is 17.5 Å². The van der Waals surface area contributed by atoms with Gasteiger partial charge in [0.2, 0.25) is 0 Å². The molecule has 7 aliphatic rings. The van der Waals surface area contributed by atoms with Crippen LogP contribution >= 0.6 is 0 Å². The third-order valence-electron chi connectivity index (χ3n) is 13.1. The van der Waals surface area contributed by atoms with Gasteiger partial charge in [-0.25, -0.2) is 8.78 Å². The number of hydrogen-bond donors (Lipinski definition) is 2. The molecular weight excluding hydrogens is 642 g/mol. The zero-order valence-electron chi connectivity index (χ0n) is 28.1. The molecule has 0 amide bonds. The minimum atomic E-state index is -0.907. The average Bonchev–Trinajstić information content (AvgIpc) is 3.28. The smallest absolute Gasteiger partial charge is 0.319 e. The highest BCUT2D eigenvalue weighted by Crippen LogP contribution is 2.61. The molecule has 1 aliphatic carbocycles. The lowest BCUT2D eigenvalue weighted by atomic mass is 9.89. The van der Waals surface area contributed by atoms with E-state index in [1.165, 1.54) is 6.07 Å². The Labute approximate surface area is 287 Å². The van der Waals surface area contributed by atoms with E-state index in [0.29, 0.717) is 72.3 Å². The Morgan fingerprint density at radius 3 is 2.90 bits per heavy atom. The lowest BCUT2D eigenvalue weighted by Gasteiger charge is -2.41. The highest BCUT2D eigenvalue weighted by Gasteiger charge is 2.62. The van der Waals surface area contributed by atoms with Crippen molar-refractivity contribution in [2.24, 2.45) is 5.41 Å². The molecule has 2 bridgehead atoms. The molecule has 0 radical (unpaired) electrons. The Morgan fingerprint density at radius 1 is 1.16 bits per heavy atom. The number of pyridine rings is 1. The molecule has 50 heavy (non-hydrogen) atoms. The van der Waals surface area contributed by atoms with Gasteiger partial charge in [0, 0.05) is 68.3 Å². The lowest BCUT2D eigenvalue weighted by Crippen LogP contribution is -2.58. The van der Waals surface area contributed by atoms with Crippen LogP contribution in [0.3, 0.4) is 0 Å². The van der Waals surface area contributed by atoms with E-state index < -0.39 is 23.1 Å². The average molecular weight is 683 g/mol. The van der Waals surface area contributed by atoms with E-state index in [2.05, 4.69) is 15.1 Å². The molecule has 2 aromatic carbocycles. The predicted molar refractivity (Wildman–Crippen MR) is 183 cm³/mol. The first-order chi connectivity index (χ1) is 24.2. The maximum Gasteiger partial charge on any atom is 0.319 e. The number of piperazine rings is 1. The van der Waals surface area contributed by atoms with Crippen molar-refractivity contribution in [3.8, 4) is 28.6 Å². The molecule has 2 N–H and O–H groups in total. The second-order valence-corrected chi connectivity index (χ2v) is 16.4. The van der Waals surface area contributed by atoms with Gasteiger partial charge in [-0.05, 0) is 79.8 Å². The Bertz CT molecular complexity index is 2210. The third-order valence-corrected chi connectivity index (χ3v) is 13.1. The fourth-order valence-electron chi connectivity index (χ4n) is 10.8. The van der Waals surface area contributed by atoms with Crippen LogP contribution in [-0.4, -0.2) is 86.7 Å². The molecule has 5 fully saturated rings. The van der Waals surface area contributed by atoms with Crippen LogP contribution < -0.4 is 25.2 Å². The van der Waals surface area contributed by atoms with Crippen molar-refractivity contribution in [3.63, 3.8) is 0 Å². The fourth-order valence-corrected chi connectivity index (χ4v) is 10.8. The van der Waals surface area contributed by atoms with Gasteiger partial charge in [0.1, 0.15) is 41.4 Å². The molecule has 4 unspecified atom stereocenters. The normalized spacial score (nSPS) is 31.6. The zero-order valence-corrected chi connectivity index (χ0v) is 28.1. The van der Waals surface area contributed by atoms with Crippen LogP contribution in [0, 0.1) is 11.2 Å². The number of phenols is 1. The molecule has 8 heterocycles. The zero-order chi connectivity index (χ0) is 33.7. The number of hydrogen-bond acceptors (Lipinski definition) is 9. The number of phenolic OH excluding ortho intramolecular Hbond substituents is 1. The van der Waals surface area contributed by atoms with Crippen LogP contribution in [0.25, 0.3) is 32.9 Å². The number of rotatable bonds is 4. The molecule has 260 valence electrons. The first-order valence-electron chi connectivity index (χ1n) is 18.3. The van der Waals surface area contributed by atoms with E-state index in [1.807, 2.05) is 19.1 Å². The summed E-state index contributed by atoms with van der Waals surface area (Å²) in [7, 11) is 0. The van der Waals surface area contributed by atoms with Gasteiger partial charge in [-0.1, -0.05) is 6.07 Å². The van der Waals surface area contributed by atoms with Crippen LogP contribution in [-0.2, 0) is 13.0 Å². The minimum Gasteiger partial charge on any atom is -0.508 e. The third kappa shape index (κ3) is 4.14. The van der Waals surface area contributed by atoms with E-state index in [1.54, 1.807) is 10.6 Å². The van der Waals surface area contributed by atoms with Gasteiger partial charge in [-0.2, -0.15) is 9.97 Å². The van der Waals surface area contributed by atoms with E-state index in [-0.39, 0.29) is 59.1 Å². The predicted octanol–water partition coefficient (Wildman–Crippen LogP) is 4.84. The lowest BCUT2D eigenvalue weighted by molar-refractivity contribution is 0.107. The number of nitrogens with one attached hydrogen (secondary N) is 1. The van der Waals surface area contributed by atoms with Gasteiger partial charge in [-0.3, -0.25) is 9.69 Å². The number of aryl methyl sites for hydroxylation is 1. The van der Waals surface area contributed by atoms with Crippen LogP contribution in [0.2, 0.25) is 0 Å². The quantitative estimate of drug-likeness (QED) is 0.313. The summed E-state index contributed by atoms with van der Waals surface area (Å²) < 4.78 is 46.5. The molecule has 6 atom stereocenters. The number of fused-ring (bicyclic) bond motifs is 9. The van der Waals surface area contributed by atoms with Gasteiger partial charge < -0.3 is 29.4 Å². The van der Waals surface area contributed by atoms with Crippen molar-refractivity contribution in [1.29, 1.82) is 0 Å². The summed E-state index contributed by atoms with van der Waals surface area (Å²) >= 11 is 0. The standard InChI is InChI=1S/C38H40F2N6O4/c1-19-10-24-28(50-19)5-2-20-11-23(47)12-25(29(20)24)30-31(40)32-33-34(46-15-22-3-4-26(41-22)27(46)6-9-45(33)35(30)48)43-36(42-32)49-18-38-13-21(39)14-44(38)17-37(16-38)7-8-37/h2,5,11-12,19,21-22,26-27,41,47H,3-4,6-10,13-18H2,1H3/t19?,21-,22?,26?,27?,38-/m1/s1. The van der Waals surface area contributed by atoms with Crippen molar-refractivity contribution < 1.29 is 23.4 Å². The minimum absolute atomic E-state index is 0.0223. The summed E-state index contributed by atoms with van der Waals surface area (Å²) in [6, 6.07) is 7.46. The second-order valence-electron chi connectivity index (χ2n) is 16.4. The van der Waals surface area contributed by atoms with E-state index in [0.717, 1.165) is 44.2 Å². The van der Waals surface area contributed by atoms with Crippen molar-refractivity contribution in [1.82, 2.24) is 24.8 Å². The maximum absolute atomic E-state index is 17.5. The number of benzene rings is 2. The van der Waals surface area contributed by atoms with E-state index in [4.69, 9.17) is 19.4 Å². The van der Waals surface area contributed by atoms with Gasteiger partial charge in [0.25, 0.3) is 5.56 Å². The molecule has 2 aromatic heterocycles. The van der Waals surface area contributed by atoms with Crippen LogP contribution in [0.1, 0.15) is 57.4 Å². The Hall–Kier alpha value is -4.03. The summed E-state index contributed by atoms with van der Waals surface area (Å²) in [5.74, 6) is 0.404. The van der Waals surface area contributed by atoms with Crippen molar-refractivity contribution in [2.45, 2.75) is 101 Å². The molecule has 1 saturated carbocycles. The first kappa shape index (κ1) is 29.7. The van der Waals surface area contributed by atoms with Crippen molar-refractivity contribution in [2.75, 3.05) is 31.1 Å². The van der Waals surface area contributed by atoms with Gasteiger partial charge >= 0.3 is 6.01 Å². The van der Waals surface area contributed by atoms with Gasteiger partial charge in [-0.15, -0.1) is 0 Å². The largest absolute Gasteiger partial charge is 0.508 e. The van der Waals surface area contributed by atoms with E-state index >= 15 is 4.39 Å². The number of aromatic hydroxyl groups is 1. The molecule has 10 nitrogen and oxygen atoms in total. The summed E-state index contributed by atoms with van der Waals surface area (Å²) in [4.78, 5) is 29.0. The maximum atomic E-state index is 17.5. The van der Waals surface area contributed by atoms with E-state index in [9.17, 15) is 14.3 Å². The number of alkyl halides is 1.